The van der Waals surface area contributed by atoms with E-state index < -0.39 is 5.97 Å². The van der Waals surface area contributed by atoms with Gasteiger partial charge in [-0.1, -0.05) is 18.2 Å². The van der Waals surface area contributed by atoms with Crippen LogP contribution in [0, 0.1) is 0 Å². The first-order valence-corrected chi connectivity index (χ1v) is 9.16. The molecule has 0 aromatic heterocycles. The summed E-state index contributed by atoms with van der Waals surface area (Å²) in [6.07, 6.45) is 1.60. The fourth-order valence-corrected chi connectivity index (χ4v) is 3.06. The summed E-state index contributed by atoms with van der Waals surface area (Å²) < 4.78 is 21.7. The number of methoxy groups -OCH3 is 2. The van der Waals surface area contributed by atoms with E-state index in [1.165, 1.54) is 6.07 Å². The van der Waals surface area contributed by atoms with Crippen LogP contribution in [-0.2, 0) is 0 Å². The van der Waals surface area contributed by atoms with Crippen molar-refractivity contribution in [3.05, 3.63) is 89.2 Å². The lowest BCUT2D eigenvalue weighted by molar-refractivity contribution is 0.0734. The van der Waals surface area contributed by atoms with Crippen LogP contribution in [0.3, 0.4) is 0 Å². The second-order valence-electron chi connectivity index (χ2n) is 6.46. The number of ether oxygens (including phenoxy) is 4. The zero-order valence-electron chi connectivity index (χ0n) is 16.4. The van der Waals surface area contributed by atoms with Crippen LogP contribution < -0.4 is 18.9 Å². The van der Waals surface area contributed by atoms with Crippen LogP contribution in [0.2, 0.25) is 0 Å². The lowest BCUT2D eigenvalue weighted by Crippen LogP contribution is -2.08. The Morgan fingerprint density at radius 1 is 0.900 bits per heavy atom. The largest absolute Gasteiger partial charge is 0.497 e. The topological polar surface area (TPSA) is 71.1 Å². The molecule has 0 spiro atoms. The molecular weight excluding hydrogens is 384 g/mol. The maximum absolute atomic E-state index is 12.7. The molecule has 150 valence electrons. The molecule has 6 heteroatoms. The number of esters is 1. The summed E-state index contributed by atoms with van der Waals surface area (Å²) in [5.74, 6) is 1.20. The number of ketones is 1. The number of benzene rings is 3. The van der Waals surface area contributed by atoms with Gasteiger partial charge in [-0.15, -0.1) is 0 Å². The first-order valence-electron chi connectivity index (χ1n) is 9.16. The van der Waals surface area contributed by atoms with Crippen LogP contribution in [0.5, 0.6) is 23.0 Å². The third-order valence-corrected chi connectivity index (χ3v) is 4.58. The zero-order valence-corrected chi connectivity index (χ0v) is 16.4. The van der Waals surface area contributed by atoms with Crippen molar-refractivity contribution in [3.8, 4) is 23.0 Å². The Hall–Kier alpha value is -4.06. The van der Waals surface area contributed by atoms with E-state index >= 15 is 0 Å². The Balaban J connectivity index is 1.59. The van der Waals surface area contributed by atoms with E-state index in [-0.39, 0.29) is 17.3 Å². The number of hydrogen-bond donors (Lipinski definition) is 0. The molecule has 0 aliphatic carbocycles. The van der Waals surface area contributed by atoms with Gasteiger partial charge in [-0.05, 0) is 48.5 Å². The zero-order chi connectivity index (χ0) is 21.1. The van der Waals surface area contributed by atoms with Gasteiger partial charge in [-0.25, -0.2) is 4.79 Å². The van der Waals surface area contributed by atoms with Crippen molar-refractivity contribution in [2.45, 2.75) is 0 Å². The second kappa shape index (κ2) is 8.13. The molecule has 1 aliphatic heterocycles. The number of hydrogen-bond acceptors (Lipinski definition) is 6. The van der Waals surface area contributed by atoms with E-state index in [9.17, 15) is 9.59 Å². The predicted molar refractivity (Wildman–Crippen MR) is 110 cm³/mol. The molecule has 0 unspecified atom stereocenters. The molecule has 6 nitrogen and oxygen atoms in total. The van der Waals surface area contributed by atoms with Crippen LogP contribution in [0.15, 0.2) is 72.5 Å². The molecule has 0 atom stereocenters. The molecule has 0 bridgehead atoms. The number of fused-ring (bicyclic) bond motifs is 1. The molecule has 0 amide bonds. The first-order chi connectivity index (χ1) is 14.6. The second-order valence-corrected chi connectivity index (χ2v) is 6.46. The van der Waals surface area contributed by atoms with Gasteiger partial charge in [0.1, 0.15) is 23.0 Å². The summed E-state index contributed by atoms with van der Waals surface area (Å²) in [4.78, 5) is 25.0. The van der Waals surface area contributed by atoms with Crippen molar-refractivity contribution in [2.24, 2.45) is 0 Å². The quantitative estimate of drug-likeness (QED) is 0.355. The summed E-state index contributed by atoms with van der Waals surface area (Å²) in [5, 5.41) is 0. The van der Waals surface area contributed by atoms with E-state index in [0.717, 1.165) is 0 Å². The Bertz CT molecular complexity index is 1150. The lowest BCUT2D eigenvalue weighted by Gasteiger charge is -2.08. The summed E-state index contributed by atoms with van der Waals surface area (Å²) in [6, 6.07) is 18.6. The molecular formula is C24H18O6. The van der Waals surface area contributed by atoms with Gasteiger partial charge in [0.15, 0.2) is 5.76 Å². The van der Waals surface area contributed by atoms with E-state index in [0.29, 0.717) is 33.9 Å². The monoisotopic (exact) mass is 402 g/mol. The highest BCUT2D eigenvalue weighted by atomic mass is 16.5. The average molecular weight is 402 g/mol. The molecule has 1 heterocycles. The summed E-state index contributed by atoms with van der Waals surface area (Å²) >= 11 is 0. The Morgan fingerprint density at radius 3 is 2.40 bits per heavy atom. The highest BCUT2D eigenvalue weighted by Gasteiger charge is 2.28. The highest BCUT2D eigenvalue weighted by molar-refractivity contribution is 6.14. The van der Waals surface area contributed by atoms with Crippen LogP contribution in [0.1, 0.15) is 26.3 Å². The maximum atomic E-state index is 12.7. The minimum Gasteiger partial charge on any atom is -0.497 e. The fourth-order valence-electron chi connectivity index (χ4n) is 3.06. The van der Waals surface area contributed by atoms with Crippen molar-refractivity contribution in [2.75, 3.05) is 14.2 Å². The van der Waals surface area contributed by atoms with Crippen LogP contribution in [0.4, 0.5) is 0 Å². The van der Waals surface area contributed by atoms with Crippen molar-refractivity contribution >= 4 is 17.8 Å². The standard InChI is InChI=1S/C24H18O6/c1-27-17-9-11-20(28-2)16(12-17)13-22-23(25)19-10-8-18(14-21(19)30-22)29-24(26)15-6-4-3-5-7-15/h3-14H,1-2H3. The smallest absolute Gasteiger partial charge is 0.343 e. The minimum atomic E-state index is -0.489. The van der Waals surface area contributed by atoms with Gasteiger partial charge >= 0.3 is 5.97 Å². The van der Waals surface area contributed by atoms with E-state index in [1.807, 2.05) is 6.07 Å². The van der Waals surface area contributed by atoms with Crippen molar-refractivity contribution < 1.29 is 28.5 Å². The van der Waals surface area contributed by atoms with Gasteiger partial charge in [0.2, 0.25) is 5.78 Å². The molecule has 0 saturated carbocycles. The Morgan fingerprint density at radius 2 is 1.67 bits per heavy atom. The molecule has 0 N–H and O–H groups in total. The van der Waals surface area contributed by atoms with Crippen LogP contribution in [-0.4, -0.2) is 26.0 Å². The number of Topliss-reactive ketones (excluding diaryl/α,β-unsaturated/α-hetero) is 1. The first kappa shape index (κ1) is 19.3. The van der Waals surface area contributed by atoms with Gasteiger partial charge in [0.05, 0.1) is 25.3 Å². The van der Waals surface area contributed by atoms with Gasteiger partial charge in [0, 0.05) is 11.6 Å². The lowest BCUT2D eigenvalue weighted by atomic mass is 10.1. The summed E-state index contributed by atoms with van der Waals surface area (Å²) in [6.45, 7) is 0. The molecule has 0 radical (unpaired) electrons. The maximum Gasteiger partial charge on any atom is 0.343 e. The van der Waals surface area contributed by atoms with Crippen LogP contribution >= 0.6 is 0 Å². The molecule has 3 aromatic rings. The van der Waals surface area contributed by atoms with E-state index in [2.05, 4.69) is 0 Å². The SMILES string of the molecule is COc1ccc(OC)c(C=C2Oc3cc(OC(=O)c4ccccc4)ccc3C2=O)c1. The summed E-state index contributed by atoms with van der Waals surface area (Å²) in [5.41, 5.74) is 1.46. The highest BCUT2D eigenvalue weighted by Crippen LogP contribution is 2.36. The fraction of sp³-hybridized carbons (Fsp3) is 0.0833. The number of rotatable bonds is 5. The van der Waals surface area contributed by atoms with Gasteiger partial charge in [-0.2, -0.15) is 0 Å². The van der Waals surface area contributed by atoms with Gasteiger partial charge in [-0.3, -0.25) is 4.79 Å². The third kappa shape index (κ3) is 3.75. The third-order valence-electron chi connectivity index (χ3n) is 4.58. The van der Waals surface area contributed by atoms with E-state index in [1.54, 1.807) is 74.9 Å². The number of carbonyl (C=O) groups is 2. The molecule has 4 rings (SSSR count). The average Bonchev–Trinajstić information content (AvgIpc) is 3.08. The molecule has 1 aliphatic rings. The number of carbonyl (C=O) groups excluding carboxylic acids is 2. The van der Waals surface area contributed by atoms with Crippen LogP contribution in [0.25, 0.3) is 6.08 Å². The Labute approximate surface area is 173 Å². The molecule has 30 heavy (non-hydrogen) atoms. The Kier molecular flexibility index (Phi) is 5.22. The number of allylic oxidation sites excluding steroid dienone is 1. The normalized spacial score (nSPS) is 13.5. The molecule has 0 saturated heterocycles. The van der Waals surface area contributed by atoms with Gasteiger partial charge in [0.25, 0.3) is 0 Å². The minimum absolute atomic E-state index is 0.142. The predicted octanol–water partition coefficient (Wildman–Crippen LogP) is 4.54. The van der Waals surface area contributed by atoms with Crippen molar-refractivity contribution in [3.63, 3.8) is 0 Å². The van der Waals surface area contributed by atoms with Gasteiger partial charge < -0.3 is 18.9 Å². The van der Waals surface area contributed by atoms with Crippen molar-refractivity contribution in [1.82, 2.24) is 0 Å². The van der Waals surface area contributed by atoms with E-state index in [4.69, 9.17) is 18.9 Å². The summed E-state index contributed by atoms with van der Waals surface area (Å²) in [7, 11) is 3.10. The molecule has 3 aromatic carbocycles. The molecule has 0 fully saturated rings. The van der Waals surface area contributed by atoms with Crippen molar-refractivity contribution in [1.29, 1.82) is 0 Å².